The van der Waals surface area contributed by atoms with Gasteiger partial charge in [-0.1, -0.05) is 48.5 Å². The van der Waals surface area contributed by atoms with Crippen molar-refractivity contribution in [1.29, 1.82) is 0 Å². The summed E-state index contributed by atoms with van der Waals surface area (Å²) in [6, 6.07) is 22.0. The van der Waals surface area contributed by atoms with Crippen LogP contribution in [0.5, 0.6) is 5.75 Å². The molecule has 1 aliphatic rings. The molecule has 0 aromatic heterocycles. The number of carbonyl (C=O) groups is 2. The van der Waals surface area contributed by atoms with Crippen molar-refractivity contribution in [3.8, 4) is 5.75 Å². The first-order chi connectivity index (χ1) is 17.0. The van der Waals surface area contributed by atoms with Crippen LogP contribution in [0.4, 0.5) is 10.5 Å². The number of methoxy groups -OCH3 is 1. The number of carbonyl (C=O) groups excluding carboxylic acids is 2. The zero-order chi connectivity index (χ0) is 26.1. The van der Waals surface area contributed by atoms with E-state index in [4.69, 9.17) is 9.47 Å². The molecule has 3 aromatic carbocycles. The van der Waals surface area contributed by atoms with Gasteiger partial charge in [0.15, 0.2) is 9.84 Å². The maximum absolute atomic E-state index is 14.3. The molecule has 1 aliphatic heterocycles. The lowest BCUT2D eigenvalue weighted by Crippen LogP contribution is -2.46. The number of anilines is 1. The minimum Gasteiger partial charge on any atom is -0.497 e. The van der Waals surface area contributed by atoms with Crippen molar-refractivity contribution < 1.29 is 27.5 Å². The molecule has 0 unspecified atom stereocenters. The van der Waals surface area contributed by atoms with Gasteiger partial charge >= 0.3 is 6.09 Å². The molecule has 2 amide bonds. The summed E-state index contributed by atoms with van der Waals surface area (Å²) in [7, 11) is -2.21. The fourth-order valence-electron chi connectivity index (χ4n) is 4.50. The van der Waals surface area contributed by atoms with Crippen LogP contribution >= 0.6 is 0 Å². The highest BCUT2D eigenvalue weighted by molar-refractivity contribution is 7.91. The number of fused-ring (bicyclic) bond motifs is 1. The number of benzene rings is 3. The van der Waals surface area contributed by atoms with Crippen molar-refractivity contribution in [2.45, 2.75) is 43.1 Å². The highest BCUT2D eigenvalue weighted by Gasteiger charge is 2.55. The van der Waals surface area contributed by atoms with E-state index in [1.54, 1.807) is 81.4 Å². The van der Waals surface area contributed by atoms with Gasteiger partial charge in [0.05, 0.1) is 23.4 Å². The predicted octanol–water partition coefficient (Wildman–Crippen LogP) is 5.13. The monoisotopic (exact) mass is 507 g/mol. The normalized spacial score (nSPS) is 17.6. The van der Waals surface area contributed by atoms with Crippen LogP contribution in [0, 0.1) is 0 Å². The van der Waals surface area contributed by atoms with Crippen LogP contribution in [0.2, 0.25) is 0 Å². The van der Waals surface area contributed by atoms with E-state index < -0.39 is 32.9 Å². The van der Waals surface area contributed by atoms with Crippen molar-refractivity contribution >= 4 is 27.5 Å². The minimum atomic E-state index is -3.72. The van der Waals surface area contributed by atoms with E-state index in [0.29, 0.717) is 22.6 Å². The Morgan fingerprint density at radius 2 is 1.56 bits per heavy atom. The maximum atomic E-state index is 14.3. The minimum absolute atomic E-state index is 0.0768. The van der Waals surface area contributed by atoms with Crippen LogP contribution in [0.1, 0.15) is 38.3 Å². The van der Waals surface area contributed by atoms with Crippen molar-refractivity contribution in [2.75, 3.05) is 17.8 Å². The average molecular weight is 508 g/mol. The number of hydrogen-bond donors (Lipinski definition) is 0. The first kappa shape index (κ1) is 25.4. The van der Waals surface area contributed by atoms with Gasteiger partial charge in [0.1, 0.15) is 16.8 Å². The van der Waals surface area contributed by atoms with E-state index in [1.165, 1.54) is 19.2 Å². The average Bonchev–Trinajstić information content (AvgIpc) is 3.10. The van der Waals surface area contributed by atoms with Crippen molar-refractivity contribution in [2.24, 2.45) is 0 Å². The number of rotatable bonds is 6. The van der Waals surface area contributed by atoms with Crippen molar-refractivity contribution in [3.05, 3.63) is 90.0 Å². The lowest BCUT2D eigenvalue weighted by atomic mass is 9.73. The summed E-state index contributed by atoms with van der Waals surface area (Å²) in [5, 5.41) is 0. The van der Waals surface area contributed by atoms with Gasteiger partial charge in [0.2, 0.25) is 0 Å². The molecule has 7 nitrogen and oxygen atoms in total. The molecule has 8 heteroatoms. The van der Waals surface area contributed by atoms with E-state index in [-0.39, 0.29) is 17.1 Å². The molecule has 1 heterocycles. The second-order valence-corrected chi connectivity index (χ2v) is 11.8. The summed E-state index contributed by atoms with van der Waals surface area (Å²) in [6.07, 6.45) is -0.894. The lowest BCUT2D eigenvalue weighted by molar-refractivity contribution is -0.121. The summed E-state index contributed by atoms with van der Waals surface area (Å²) < 4.78 is 37.5. The van der Waals surface area contributed by atoms with Crippen LogP contribution in [-0.4, -0.2) is 38.9 Å². The van der Waals surface area contributed by atoms with E-state index in [1.807, 2.05) is 6.07 Å². The Bertz CT molecular complexity index is 1380. The molecule has 0 N–H and O–H groups in total. The van der Waals surface area contributed by atoms with Gasteiger partial charge in [-0.05, 0) is 63.1 Å². The Morgan fingerprint density at radius 1 is 0.944 bits per heavy atom. The highest BCUT2D eigenvalue weighted by Crippen LogP contribution is 2.50. The quantitative estimate of drug-likeness (QED) is 0.460. The number of hydrogen-bond acceptors (Lipinski definition) is 6. The van der Waals surface area contributed by atoms with Crippen LogP contribution in [0.3, 0.4) is 0 Å². The second kappa shape index (κ2) is 9.43. The van der Waals surface area contributed by atoms with Gasteiger partial charge in [-0.15, -0.1) is 0 Å². The molecule has 1 atom stereocenters. The summed E-state index contributed by atoms with van der Waals surface area (Å²) in [5.74, 6) is -0.385. The van der Waals surface area contributed by atoms with Gasteiger partial charge < -0.3 is 9.47 Å². The molecular weight excluding hydrogens is 478 g/mol. The molecule has 0 aliphatic carbocycles. The molecular formula is C28H29NO6S. The molecule has 3 aromatic rings. The second-order valence-electron chi connectivity index (χ2n) is 9.66. The maximum Gasteiger partial charge on any atom is 0.421 e. The Labute approximate surface area is 211 Å². The predicted molar refractivity (Wildman–Crippen MR) is 137 cm³/mol. The fraction of sp³-hybridized carbons (Fsp3) is 0.286. The number of imide groups is 1. The molecule has 36 heavy (non-hydrogen) atoms. The highest BCUT2D eigenvalue weighted by atomic mass is 32.2. The zero-order valence-electron chi connectivity index (χ0n) is 20.7. The Hall–Kier alpha value is -3.65. The SMILES string of the molecule is COc1ccc2c(c1)[C@@](CCS(=O)(=O)c1ccccc1)(c1ccccc1)C(=O)N2C(=O)OC(C)(C)C. The first-order valence-corrected chi connectivity index (χ1v) is 13.2. The van der Waals surface area contributed by atoms with Crippen LogP contribution in [0.25, 0.3) is 0 Å². The molecule has 188 valence electrons. The Morgan fingerprint density at radius 3 is 2.14 bits per heavy atom. The van der Waals surface area contributed by atoms with Gasteiger partial charge in [0.25, 0.3) is 5.91 Å². The van der Waals surface area contributed by atoms with Crippen molar-refractivity contribution in [1.82, 2.24) is 0 Å². The van der Waals surface area contributed by atoms with E-state index in [9.17, 15) is 18.0 Å². The topological polar surface area (TPSA) is 90.0 Å². The number of amides is 2. The van der Waals surface area contributed by atoms with E-state index >= 15 is 0 Å². The van der Waals surface area contributed by atoms with E-state index in [2.05, 4.69) is 0 Å². The van der Waals surface area contributed by atoms with Gasteiger partial charge in [-0.25, -0.2) is 18.1 Å². The molecule has 0 saturated heterocycles. The van der Waals surface area contributed by atoms with Crippen molar-refractivity contribution in [3.63, 3.8) is 0 Å². The lowest BCUT2D eigenvalue weighted by Gasteiger charge is -2.30. The van der Waals surface area contributed by atoms with Gasteiger partial charge in [-0.2, -0.15) is 0 Å². The van der Waals surface area contributed by atoms with Gasteiger partial charge in [0, 0.05) is 5.56 Å². The molecule has 0 fully saturated rings. The summed E-state index contributed by atoms with van der Waals surface area (Å²) in [6.45, 7) is 5.16. The summed E-state index contributed by atoms with van der Waals surface area (Å²) in [5.41, 5.74) is -0.857. The zero-order valence-corrected chi connectivity index (χ0v) is 21.5. The van der Waals surface area contributed by atoms with Crippen LogP contribution in [0.15, 0.2) is 83.8 Å². The fourth-order valence-corrected chi connectivity index (χ4v) is 5.89. The smallest absolute Gasteiger partial charge is 0.421 e. The Kier molecular flexibility index (Phi) is 6.66. The number of nitrogens with zero attached hydrogens (tertiary/aromatic N) is 1. The first-order valence-electron chi connectivity index (χ1n) is 11.6. The number of sulfone groups is 1. The standard InChI is InChI=1S/C28H29NO6S/c1-27(2,3)35-26(31)29-24-16-15-21(34-4)19-23(24)28(25(29)30,20-11-7-5-8-12-20)17-18-36(32,33)22-13-9-6-10-14-22/h5-16,19H,17-18H2,1-4H3/t28-/m1/s1. The third kappa shape index (κ3) is 4.60. The number of ether oxygens (including phenoxy) is 2. The van der Waals surface area contributed by atoms with E-state index in [0.717, 1.165) is 4.90 Å². The van der Waals surface area contributed by atoms with Crippen LogP contribution < -0.4 is 9.64 Å². The molecule has 0 radical (unpaired) electrons. The van der Waals surface area contributed by atoms with Gasteiger partial charge in [-0.3, -0.25) is 4.79 Å². The molecule has 0 bridgehead atoms. The largest absolute Gasteiger partial charge is 0.497 e. The molecule has 4 rings (SSSR count). The third-order valence-corrected chi connectivity index (χ3v) is 7.90. The molecule has 0 spiro atoms. The van der Waals surface area contributed by atoms with Crippen LogP contribution in [-0.2, 0) is 24.8 Å². The Balaban J connectivity index is 1.89. The molecule has 0 saturated carbocycles. The third-order valence-electron chi connectivity index (χ3n) is 6.16. The summed E-state index contributed by atoms with van der Waals surface area (Å²) in [4.78, 5) is 28.7. The summed E-state index contributed by atoms with van der Waals surface area (Å²) >= 11 is 0.